The minimum absolute atomic E-state index is 0.0000432. The number of ether oxygens (including phenoxy) is 2. The van der Waals surface area contributed by atoms with E-state index in [4.69, 9.17) is 9.47 Å². The normalized spacial score (nSPS) is 13.2. The van der Waals surface area contributed by atoms with Crippen molar-refractivity contribution in [1.82, 2.24) is 0 Å². The standard InChI is InChI=1S/C29H33FO5S/c1-4-34-29(33)14-24(32)13-23(31)9-10-26-27(19(2)3)15-25(35-17-20-11-12-36-18-20)16-28(26)21-5-7-22(30)8-6-21/h5-12,15-16,18-19,23-24,31-32H,4,13-14,17H2,1-3H3. The molecule has 0 spiro atoms. The molecular weight excluding hydrogens is 479 g/mol. The zero-order valence-corrected chi connectivity index (χ0v) is 21.6. The van der Waals surface area contributed by atoms with E-state index in [9.17, 15) is 19.4 Å². The fraction of sp³-hybridized carbons (Fsp3) is 0.345. The molecule has 0 amide bonds. The van der Waals surface area contributed by atoms with Gasteiger partial charge >= 0.3 is 5.97 Å². The molecule has 1 aromatic heterocycles. The van der Waals surface area contributed by atoms with E-state index >= 15 is 0 Å². The number of thiophene rings is 1. The number of aliphatic hydroxyl groups excluding tert-OH is 2. The summed E-state index contributed by atoms with van der Waals surface area (Å²) in [5.74, 6) is 0.0163. The highest BCUT2D eigenvalue weighted by atomic mass is 32.1. The predicted molar refractivity (Wildman–Crippen MR) is 141 cm³/mol. The lowest BCUT2D eigenvalue weighted by molar-refractivity contribution is -0.145. The van der Waals surface area contributed by atoms with E-state index < -0.39 is 18.2 Å². The van der Waals surface area contributed by atoms with Crippen LogP contribution in [-0.2, 0) is 16.1 Å². The fourth-order valence-electron chi connectivity index (χ4n) is 3.87. The second-order valence-corrected chi connectivity index (χ2v) is 9.66. The summed E-state index contributed by atoms with van der Waals surface area (Å²) in [5.41, 5.74) is 4.63. The molecule has 192 valence electrons. The van der Waals surface area contributed by atoms with Gasteiger partial charge in [0.1, 0.15) is 18.2 Å². The number of rotatable bonds is 12. The van der Waals surface area contributed by atoms with Crippen LogP contribution in [0.1, 0.15) is 56.2 Å². The Labute approximate surface area is 215 Å². The van der Waals surface area contributed by atoms with E-state index in [1.54, 1.807) is 36.5 Å². The Morgan fingerprint density at radius 1 is 1.14 bits per heavy atom. The van der Waals surface area contributed by atoms with Gasteiger partial charge in [-0.15, -0.1) is 0 Å². The van der Waals surface area contributed by atoms with Crippen molar-refractivity contribution < 1.29 is 28.9 Å². The van der Waals surface area contributed by atoms with E-state index in [2.05, 4.69) is 13.8 Å². The average molecular weight is 513 g/mol. The van der Waals surface area contributed by atoms with Gasteiger partial charge in [0.15, 0.2) is 0 Å². The second kappa shape index (κ2) is 13.3. The van der Waals surface area contributed by atoms with E-state index in [0.29, 0.717) is 12.4 Å². The van der Waals surface area contributed by atoms with Gasteiger partial charge in [-0.25, -0.2) is 4.39 Å². The average Bonchev–Trinajstić information content (AvgIpc) is 3.35. The molecule has 2 aromatic carbocycles. The molecule has 0 fully saturated rings. The number of hydrogen-bond acceptors (Lipinski definition) is 6. The van der Waals surface area contributed by atoms with Crippen LogP contribution < -0.4 is 4.74 Å². The first kappa shape index (κ1) is 27.6. The Morgan fingerprint density at radius 3 is 2.53 bits per heavy atom. The van der Waals surface area contributed by atoms with Crippen LogP contribution in [0.15, 0.2) is 59.3 Å². The number of carbonyl (C=O) groups is 1. The molecule has 3 aromatic rings. The Bertz CT molecular complexity index is 1140. The van der Waals surface area contributed by atoms with Crippen LogP contribution in [0.3, 0.4) is 0 Å². The molecule has 2 atom stereocenters. The summed E-state index contributed by atoms with van der Waals surface area (Å²) >= 11 is 1.61. The number of carbonyl (C=O) groups excluding carboxylic acids is 1. The van der Waals surface area contributed by atoms with E-state index in [1.807, 2.05) is 35.0 Å². The largest absolute Gasteiger partial charge is 0.489 e. The molecular formula is C29H33FO5S. The highest BCUT2D eigenvalue weighted by Crippen LogP contribution is 2.36. The van der Waals surface area contributed by atoms with Crippen molar-refractivity contribution in [2.45, 2.75) is 58.3 Å². The molecule has 2 N–H and O–H groups in total. The first-order chi connectivity index (χ1) is 17.3. The van der Waals surface area contributed by atoms with Gasteiger partial charge in [0.05, 0.1) is 25.2 Å². The first-order valence-corrected chi connectivity index (χ1v) is 13.0. The van der Waals surface area contributed by atoms with Crippen LogP contribution in [0.4, 0.5) is 4.39 Å². The number of aliphatic hydroxyl groups is 2. The third-order valence-electron chi connectivity index (χ3n) is 5.65. The molecule has 0 bridgehead atoms. The summed E-state index contributed by atoms with van der Waals surface area (Å²) in [5, 5.41) is 24.7. The smallest absolute Gasteiger partial charge is 0.308 e. The van der Waals surface area contributed by atoms with E-state index in [0.717, 1.165) is 27.8 Å². The minimum Gasteiger partial charge on any atom is -0.489 e. The van der Waals surface area contributed by atoms with Gasteiger partial charge in [-0.3, -0.25) is 4.79 Å². The van der Waals surface area contributed by atoms with E-state index in [-0.39, 0.29) is 31.2 Å². The third kappa shape index (κ3) is 8.01. The molecule has 3 rings (SSSR count). The molecule has 0 radical (unpaired) electrons. The van der Waals surface area contributed by atoms with Crippen LogP contribution in [0.5, 0.6) is 5.75 Å². The topological polar surface area (TPSA) is 76.0 Å². The minimum atomic E-state index is -1.02. The van der Waals surface area contributed by atoms with Gasteiger partial charge < -0.3 is 19.7 Å². The van der Waals surface area contributed by atoms with E-state index in [1.165, 1.54) is 12.1 Å². The van der Waals surface area contributed by atoms with Crippen molar-refractivity contribution in [1.29, 1.82) is 0 Å². The Morgan fingerprint density at radius 2 is 1.89 bits per heavy atom. The van der Waals surface area contributed by atoms with Crippen molar-refractivity contribution in [3.63, 3.8) is 0 Å². The number of hydrogen-bond donors (Lipinski definition) is 2. The predicted octanol–water partition coefficient (Wildman–Crippen LogP) is 6.33. The monoisotopic (exact) mass is 512 g/mol. The SMILES string of the molecule is CCOC(=O)CC(O)CC(O)C=Cc1c(-c2ccc(F)cc2)cc(OCc2ccsc2)cc1C(C)C. The van der Waals surface area contributed by atoms with Crippen molar-refractivity contribution in [3.05, 3.63) is 81.8 Å². The lowest BCUT2D eigenvalue weighted by Gasteiger charge is -2.19. The van der Waals surface area contributed by atoms with Gasteiger partial charge in [-0.2, -0.15) is 11.3 Å². The van der Waals surface area contributed by atoms with Crippen LogP contribution in [0, 0.1) is 5.82 Å². The summed E-state index contributed by atoms with van der Waals surface area (Å²) in [4.78, 5) is 11.6. The molecule has 0 aliphatic heterocycles. The van der Waals surface area contributed by atoms with Gasteiger partial charge in [-0.1, -0.05) is 38.1 Å². The number of benzene rings is 2. The third-order valence-corrected chi connectivity index (χ3v) is 6.39. The molecule has 0 aliphatic carbocycles. The van der Waals surface area contributed by atoms with Crippen molar-refractivity contribution in [2.24, 2.45) is 0 Å². The maximum atomic E-state index is 13.7. The van der Waals surface area contributed by atoms with Gasteiger partial charge in [0, 0.05) is 6.42 Å². The van der Waals surface area contributed by atoms with Crippen LogP contribution >= 0.6 is 11.3 Å². The fourth-order valence-corrected chi connectivity index (χ4v) is 4.52. The molecule has 0 aliphatic rings. The highest BCUT2D eigenvalue weighted by molar-refractivity contribution is 7.07. The Balaban J connectivity index is 1.91. The molecule has 0 saturated carbocycles. The number of halogens is 1. The zero-order valence-electron chi connectivity index (χ0n) is 20.8. The lowest BCUT2D eigenvalue weighted by atomic mass is 9.89. The second-order valence-electron chi connectivity index (χ2n) is 8.88. The Hall–Kier alpha value is -3.00. The van der Waals surface area contributed by atoms with Crippen molar-refractivity contribution >= 4 is 23.4 Å². The highest BCUT2D eigenvalue weighted by Gasteiger charge is 2.17. The molecule has 2 unspecified atom stereocenters. The molecule has 1 heterocycles. The summed E-state index contributed by atoms with van der Waals surface area (Å²) in [7, 11) is 0. The Kier molecular flexibility index (Phi) is 10.2. The molecule has 36 heavy (non-hydrogen) atoms. The molecule has 5 nitrogen and oxygen atoms in total. The summed E-state index contributed by atoms with van der Waals surface area (Å²) in [6.07, 6.45) is 1.27. The summed E-state index contributed by atoms with van der Waals surface area (Å²) in [6, 6.07) is 12.2. The molecule has 0 saturated heterocycles. The van der Waals surface area contributed by atoms with Crippen LogP contribution in [0.25, 0.3) is 17.2 Å². The van der Waals surface area contributed by atoms with Crippen molar-refractivity contribution in [2.75, 3.05) is 6.61 Å². The van der Waals surface area contributed by atoms with Crippen LogP contribution in [0.2, 0.25) is 0 Å². The number of esters is 1. The summed E-state index contributed by atoms with van der Waals surface area (Å²) < 4.78 is 24.6. The quantitative estimate of drug-likeness (QED) is 0.277. The zero-order chi connectivity index (χ0) is 26.1. The van der Waals surface area contributed by atoms with Crippen molar-refractivity contribution in [3.8, 4) is 16.9 Å². The van der Waals surface area contributed by atoms with Gasteiger partial charge in [-0.05, 0) is 81.8 Å². The van der Waals surface area contributed by atoms with Gasteiger partial charge in [0.2, 0.25) is 0 Å². The first-order valence-electron chi connectivity index (χ1n) is 12.0. The lowest BCUT2D eigenvalue weighted by Crippen LogP contribution is -2.20. The maximum Gasteiger partial charge on any atom is 0.308 e. The van der Waals surface area contributed by atoms with Crippen LogP contribution in [-0.4, -0.2) is 35.0 Å². The summed E-state index contributed by atoms with van der Waals surface area (Å²) in [6.45, 7) is 6.53. The maximum absolute atomic E-state index is 13.7. The van der Waals surface area contributed by atoms with Gasteiger partial charge in [0.25, 0.3) is 0 Å². The molecule has 7 heteroatoms.